The highest BCUT2D eigenvalue weighted by molar-refractivity contribution is 7.07. The molecule has 1 fully saturated rings. The number of piperazine rings is 1. The summed E-state index contributed by atoms with van der Waals surface area (Å²) in [5.41, 5.74) is 1.24. The van der Waals surface area contributed by atoms with Crippen molar-refractivity contribution in [1.29, 1.82) is 0 Å². The van der Waals surface area contributed by atoms with E-state index in [1.807, 2.05) is 19.1 Å². The zero-order valence-corrected chi connectivity index (χ0v) is 11.6. The molecule has 0 unspecified atom stereocenters. The van der Waals surface area contributed by atoms with Gasteiger partial charge in [-0.25, -0.2) is 0 Å². The summed E-state index contributed by atoms with van der Waals surface area (Å²) in [5.74, 6) is 1.55. The number of hydrogen-bond donors (Lipinski definition) is 1. The number of rotatable bonds is 3. The Morgan fingerprint density at radius 2 is 1.95 bits per heavy atom. The first-order valence-electron chi connectivity index (χ1n) is 6.35. The lowest BCUT2D eigenvalue weighted by Gasteiger charge is -2.29. The molecule has 0 aliphatic carbocycles. The third-order valence-corrected chi connectivity index (χ3v) is 3.72. The molecule has 1 N–H and O–H groups in total. The normalized spacial score (nSPS) is 15.5. The summed E-state index contributed by atoms with van der Waals surface area (Å²) in [6, 6.07) is 8.14. The van der Waals surface area contributed by atoms with Crippen LogP contribution in [-0.2, 0) is 0 Å². The lowest BCUT2D eigenvalue weighted by Crippen LogP contribution is -2.43. The Morgan fingerprint density at radius 1 is 1.21 bits per heavy atom. The van der Waals surface area contributed by atoms with Crippen molar-refractivity contribution >= 4 is 17.2 Å². The van der Waals surface area contributed by atoms with Gasteiger partial charge in [0.15, 0.2) is 0 Å². The highest BCUT2D eigenvalue weighted by Crippen LogP contribution is 2.25. The zero-order valence-electron chi connectivity index (χ0n) is 10.8. The minimum atomic E-state index is 0.590. The number of aryl methyl sites for hydroxylation is 1. The first kappa shape index (κ1) is 12.4. The molecule has 1 aromatic carbocycles. The molecule has 5 nitrogen and oxygen atoms in total. The van der Waals surface area contributed by atoms with Crippen molar-refractivity contribution in [1.82, 2.24) is 14.7 Å². The minimum Gasteiger partial charge on any atom is -0.430 e. The van der Waals surface area contributed by atoms with Crippen molar-refractivity contribution in [2.24, 2.45) is 0 Å². The van der Waals surface area contributed by atoms with Crippen LogP contribution in [0.2, 0.25) is 0 Å². The Labute approximate surface area is 116 Å². The molecule has 3 rings (SSSR count). The van der Waals surface area contributed by atoms with Crippen molar-refractivity contribution in [3.63, 3.8) is 0 Å². The molecule has 0 radical (unpaired) electrons. The first-order chi connectivity index (χ1) is 9.31. The van der Waals surface area contributed by atoms with Crippen LogP contribution in [0.5, 0.6) is 10.9 Å². The molecule has 0 atom stereocenters. The SMILES string of the molecule is Cc1nsc(Oc2ccc(N3CCNCC3)cc2)n1. The maximum absolute atomic E-state index is 5.66. The van der Waals surface area contributed by atoms with E-state index >= 15 is 0 Å². The topological polar surface area (TPSA) is 50.3 Å². The molecule has 6 heteroatoms. The van der Waals surface area contributed by atoms with E-state index in [0.717, 1.165) is 37.8 Å². The second-order valence-electron chi connectivity index (χ2n) is 4.44. The van der Waals surface area contributed by atoms with E-state index in [2.05, 4.69) is 31.7 Å². The molecule has 2 heterocycles. The van der Waals surface area contributed by atoms with Crippen LogP contribution in [0.15, 0.2) is 24.3 Å². The van der Waals surface area contributed by atoms with Crippen LogP contribution < -0.4 is 15.0 Å². The van der Waals surface area contributed by atoms with Crippen molar-refractivity contribution in [3.05, 3.63) is 30.1 Å². The van der Waals surface area contributed by atoms with Crippen LogP contribution >= 0.6 is 11.5 Å². The Morgan fingerprint density at radius 3 is 2.58 bits per heavy atom. The molecule has 0 spiro atoms. The fourth-order valence-electron chi connectivity index (χ4n) is 2.07. The average Bonchev–Trinajstić information content (AvgIpc) is 2.86. The molecule has 1 aliphatic heterocycles. The van der Waals surface area contributed by atoms with Crippen molar-refractivity contribution in [2.75, 3.05) is 31.1 Å². The fraction of sp³-hybridized carbons (Fsp3) is 0.385. The number of benzene rings is 1. The third-order valence-electron chi connectivity index (χ3n) is 3.03. The number of nitrogens with zero attached hydrogens (tertiary/aromatic N) is 3. The van der Waals surface area contributed by atoms with Crippen LogP contribution in [0.3, 0.4) is 0 Å². The van der Waals surface area contributed by atoms with Gasteiger partial charge >= 0.3 is 0 Å². The second-order valence-corrected chi connectivity index (χ2v) is 5.15. The van der Waals surface area contributed by atoms with Crippen LogP contribution in [0.4, 0.5) is 5.69 Å². The van der Waals surface area contributed by atoms with Crippen LogP contribution in [-0.4, -0.2) is 35.5 Å². The Balaban J connectivity index is 1.68. The second kappa shape index (κ2) is 5.54. The summed E-state index contributed by atoms with van der Waals surface area (Å²) in [6.45, 7) is 6.05. The van der Waals surface area contributed by atoms with E-state index in [1.165, 1.54) is 17.2 Å². The molecule has 2 aromatic rings. The van der Waals surface area contributed by atoms with Crippen LogP contribution in [0.1, 0.15) is 5.82 Å². The summed E-state index contributed by atoms with van der Waals surface area (Å²) in [7, 11) is 0. The summed E-state index contributed by atoms with van der Waals surface area (Å²) in [5, 5.41) is 3.94. The molecule has 0 amide bonds. The highest BCUT2D eigenvalue weighted by atomic mass is 32.1. The molecular weight excluding hydrogens is 260 g/mol. The quantitative estimate of drug-likeness (QED) is 0.930. The zero-order chi connectivity index (χ0) is 13.1. The third kappa shape index (κ3) is 3.02. The number of nitrogens with one attached hydrogen (secondary N) is 1. The molecule has 1 aliphatic rings. The average molecular weight is 276 g/mol. The number of hydrogen-bond acceptors (Lipinski definition) is 6. The molecule has 100 valence electrons. The summed E-state index contributed by atoms with van der Waals surface area (Å²) in [4.78, 5) is 6.56. The molecule has 0 bridgehead atoms. The predicted octanol–water partition coefficient (Wildman–Crippen LogP) is 2.05. The van der Waals surface area contributed by atoms with Crippen LogP contribution in [0.25, 0.3) is 0 Å². The van der Waals surface area contributed by atoms with Gasteiger partial charge in [-0.3, -0.25) is 0 Å². The van der Waals surface area contributed by atoms with Gasteiger partial charge in [0.25, 0.3) is 5.19 Å². The van der Waals surface area contributed by atoms with Crippen molar-refractivity contribution in [3.8, 4) is 10.9 Å². The van der Waals surface area contributed by atoms with Gasteiger partial charge in [-0.2, -0.15) is 9.36 Å². The van der Waals surface area contributed by atoms with Gasteiger partial charge in [0.05, 0.1) is 0 Å². The van der Waals surface area contributed by atoms with Crippen molar-refractivity contribution in [2.45, 2.75) is 6.92 Å². The molecular formula is C13H16N4OS. The molecule has 1 aromatic heterocycles. The summed E-state index contributed by atoms with van der Waals surface area (Å²) >= 11 is 1.27. The first-order valence-corrected chi connectivity index (χ1v) is 7.12. The van der Waals surface area contributed by atoms with Gasteiger partial charge in [-0.1, -0.05) is 0 Å². The number of ether oxygens (including phenoxy) is 1. The lowest BCUT2D eigenvalue weighted by molar-refractivity contribution is 0.477. The van der Waals surface area contributed by atoms with E-state index in [9.17, 15) is 0 Å². The maximum atomic E-state index is 5.66. The predicted molar refractivity (Wildman–Crippen MR) is 76.2 cm³/mol. The Kier molecular flexibility index (Phi) is 3.61. The molecule has 19 heavy (non-hydrogen) atoms. The standard InChI is InChI=1S/C13H16N4OS/c1-10-15-13(19-16-10)18-12-4-2-11(3-5-12)17-8-6-14-7-9-17/h2-5,14H,6-9H2,1H3. The smallest absolute Gasteiger partial charge is 0.298 e. The number of anilines is 1. The van der Waals surface area contributed by atoms with Crippen LogP contribution in [0, 0.1) is 6.92 Å². The van der Waals surface area contributed by atoms with Gasteiger partial charge in [0, 0.05) is 43.4 Å². The largest absolute Gasteiger partial charge is 0.430 e. The highest BCUT2D eigenvalue weighted by Gasteiger charge is 2.10. The Hall–Kier alpha value is -1.66. The molecule has 1 saturated heterocycles. The van der Waals surface area contributed by atoms with E-state index in [1.54, 1.807) is 0 Å². The van der Waals surface area contributed by atoms with Gasteiger partial charge in [-0.05, 0) is 31.2 Å². The van der Waals surface area contributed by atoms with E-state index in [4.69, 9.17) is 4.74 Å². The monoisotopic (exact) mass is 276 g/mol. The van der Waals surface area contributed by atoms with E-state index in [0.29, 0.717) is 5.19 Å². The minimum absolute atomic E-state index is 0.590. The lowest BCUT2D eigenvalue weighted by atomic mass is 10.2. The molecule has 0 saturated carbocycles. The van der Waals surface area contributed by atoms with Crippen molar-refractivity contribution < 1.29 is 4.74 Å². The van der Waals surface area contributed by atoms with Gasteiger partial charge in [-0.15, -0.1) is 0 Å². The number of aromatic nitrogens is 2. The van der Waals surface area contributed by atoms with E-state index in [-0.39, 0.29) is 0 Å². The Bertz CT molecular complexity index is 534. The van der Waals surface area contributed by atoms with Gasteiger partial charge in [0.1, 0.15) is 11.6 Å². The van der Waals surface area contributed by atoms with Gasteiger partial charge < -0.3 is 15.0 Å². The summed E-state index contributed by atoms with van der Waals surface area (Å²) < 4.78 is 9.75. The van der Waals surface area contributed by atoms with Gasteiger partial charge in [0.2, 0.25) is 0 Å². The van der Waals surface area contributed by atoms with E-state index < -0.39 is 0 Å². The summed E-state index contributed by atoms with van der Waals surface area (Å²) in [6.07, 6.45) is 0. The fourth-order valence-corrected chi connectivity index (χ4v) is 2.63. The maximum Gasteiger partial charge on any atom is 0.298 e.